The zero-order valence-corrected chi connectivity index (χ0v) is 14.1. The number of carbonyl (C=O) groups is 1. The van der Waals surface area contributed by atoms with E-state index in [9.17, 15) is 22.0 Å². The van der Waals surface area contributed by atoms with Crippen molar-refractivity contribution < 1.29 is 22.0 Å². The molecule has 0 aliphatic carbocycles. The van der Waals surface area contributed by atoms with Gasteiger partial charge in [0.15, 0.2) is 11.6 Å². The molecule has 7 heteroatoms. The molecule has 0 N–H and O–H groups in total. The minimum atomic E-state index is -3.19. The molecule has 1 amide bonds. The largest absolute Gasteiger partial charge is 0.342 e. The van der Waals surface area contributed by atoms with Gasteiger partial charge in [0.25, 0.3) is 0 Å². The Balaban J connectivity index is 1.95. The second-order valence-corrected chi connectivity index (χ2v) is 8.45. The van der Waals surface area contributed by atoms with Gasteiger partial charge >= 0.3 is 0 Å². The van der Waals surface area contributed by atoms with Crippen LogP contribution in [0.4, 0.5) is 8.78 Å². The van der Waals surface area contributed by atoms with Crippen LogP contribution in [0.2, 0.25) is 0 Å². The van der Waals surface area contributed by atoms with Gasteiger partial charge in [0.2, 0.25) is 5.91 Å². The lowest BCUT2D eigenvalue weighted by Gasteiger charge is -2.33. The summed E-state index contributed by atoms with van der Waals surface area (Å²) in [4.78, 5) is 13.9. The average Bonchev–Trinajstić information content (AvgIpc) is 2.48. The Labute approximate surface area is 135 Å². The number of hydrogen-bond donors (Lipinski definition) is 0. The molecule has 1 saturated heterocycles. The highest BCUT2D eigenvalue weighted by atomic mass is 32.2. The predicted molar refractivity (Wildman–Crippen MR) is 83.8 cm³/mol. The van der Waals surface area contributed by atoms with Crippen molar-refractivity contribution in [3.05, 3.63) is 35.4 Å². The Hall–Kier alpha value is -1.50. The van der Waals surface area contributed by atoms with Gasteiger partial charge in [-0.05, 0) is 36.5 Å². The number of piperidine rings is 1. The first-order chi connectivity index (χ1) is 10.7. The van der Waals surface area contributed by atoms with E-state index in [1.54, 1.807) is 17.9 Å². The highest BCUT2D eigenvalue weighted by Gasteiger charge is 2.28. The number of rotatable bonds is 4. The molecule has 0 bridgehead atoms. The van der Waals surface area contributed by atoms with E-state index in [2.05, 4.69) is 0 Å². The second-order valence-electron chi connectivity index (χ2n) is 6.27. The second kappa shape index (κ2) is 6.95. The fourth-order valence-electron chi connectivity index (χ4n) is 3.04. The van der Waals surface area contributed by atoms with Crippen LogP contribution in [0.5, 0.6) is 0 Å². The Bertz CT molecular complexity index is 683. The lowest BCUT2D eigenvalue weighted by atomic mass is 9.89. The van der Waals surface area contributed by atoms with Crippen molar-refractivity contribution in [2.24, 2.45) is 5.92 Å². The van der Waals surface area contributed by atoms with Crippen LogP contribution in [0, 0.1) is 17.6 Å². The molecule has 1 atom stereocenters. The average molecular weight is 345 g/mol. The number of halogens is 2. The van der Waals surface area contributed by atoms with Gasteiger partial charge in [0.05, 0.1) is 5.75 Å². The third kappa shape index (κ3) is 4.73. The summed E-state index contributed by atoms with van der Waals surface area (Å²) in [5.41, 5.74) is 0.736. The Morgan fingerprint density at radius 2 is 1.87 bits per heavy atom. The smallest absolute Gasteiger partial charge is 0.226 e. The van der Waals surface area contributed by atoms with Crippen molar-refractivity contribution in [1.82, 2.24) is 4.90 Å². The third-order valence-electron chi connectivity index (χ3n) is 4.20. The summed E-state index contributed by atoms with van der Waals surface area (Å²) in [5, 5.41) is 0. The maximum absolute atomic E-state index is 13.3. The Morgan fingerprint density at radius 1 is 1.26 bits per heavy atom. The number of sulfone groups is 1. The van der Waals surface area contributed by atoms with Crippen LogP contribution in [0.3, 0.4) is 0 Å². The minimum absolute atomic E-state index is 0.0827. The van der Waals surface area contributed by atoms with Crippen LogP contribution >= 0.6 is 0 Å². The van der Waals surface area contributed by atoms with Gasteiger partial charge < -0.3 is 4.90 Å². The highest BCUT2D eigenvalue weighted by Crippen LogP contribution is 2.29. The van der Waals surface area contributed by atoms with Crippen LogP contribution < -0.4 is 0 Å². The molecular weight excluding hydrogens is 324 g/mol. The van der Waals surface area contributed by atoms with Crippen molar-refractivity contribution in [1.29, 1.82) is 0 Å². The fraction of sp³-hybridized carbons (Fsp3) is 0.562. The Kier molecular flexibility index (Phi) is 5.39. The minimum Gasteiger partial charge on any atom is -0.342 e. The van der Waals surface area contributed by atoms with Gasteiger partial charge in [-0.3, -0.25) is 4.79 Å². The standard InChI is InChI=1S/C16H21F2NO3S/c1-11(10-23(2,21)22)16(20)19-7-5-12(6-8-19)13-3-4-14(17)15(18)9-13/h3-4,9,11-12H,5-8,10H2,1-2H3/t11-/m0/s1. The van der Waals surface area contributed by atoms with Crippen molar-refractivity contribution in [3.63, 3.8) is 0 Å². The third-order valence-corrected chi connectivity index (χ3v) is 5.30. The maximum atomic E-state index is 13.3. The first-order valence-corrected chi connectivity index (χ1v) is 9.65. The molecule has 1 aliphatic heterocycles. The van der Waals surface area contributed by atoms with E-state index in [0.717, 1.165) is 17.9 Å². The summed E-state index contributed by atoms with van der Waals surface area (Å²) in [6.45, 7) is 2.61. The molecule has 1 aromatic rings. The maximum Gasteiger partial charge on any atom is 0.226 e. The molecule has 1 fully saturated rings. The number of likely N-dealkylation sites (tertiary alicyclic amines) is 1. The summed E-state index contributed by atoms with van der Waals surface area (Å²) in [6.07, 6.45) is 2.43. The number of carbonyl (C=O) groups excluding carboxylic acids is 1. The van der Waals surface area contributed by atoms with Gasteiger partial charge in [-0.25, -0.2) is 17.2 Å². The number of hydrogen-bond acceptors (Lipinski definition) is 3. The molecular formula is C16H21F2NO3S. The van der Waals surface area contributed by atoms with Crippen LogP contribution in [-0.2, 0) is 14.6 Å². The van der Waals surface area contributed by atoms with Crippen LogP contribution in [0.15, 0.2) is 18.2 Å². The van der Waals surface area contributed by atoms with Gasteiger partial charge in [0, 0.05) is 25.3 Å². The van der Waals surface area contributed by atoms with E-state index in [1.165, 1.54) is 6.07 Å². The number of nitrogens with zero attached hydrogens (tertiary/aromatic N) is 1. The van der Waals surface area contributed by atoms with Crippen LogP contribution in [0.1, 0.15) is 31.2 Å². The summed E-state index contributed by atoms with van der Waals surface area (Å²) < 4.78 is 48.9. The quantitative estimate of drug-likeness (QED) is 0.842. The van der Waals surface area contributed by atoms with Crippen LogP contribution in [-0.4, -0.2) is 44.3 Å². The number of amides is 1. The summed E-state index contributed by atoms with van der Waals surface area (Å²) >= 11 is 0. The van der Waals surface area contributed by atoms with Crippen molar-refractivity contribution in [2.75, 3.05) is 25.1 Å². The molecule has 0 aromatic heterocycles. The van der Waals surface area contributed by atoms with Crippen molar-refractivity contribution in [3.8, 4) is 0 Å². The molecule has 0 saturated carbocycles. The summed E-state index contributed by atoms with van der Waals surface area (Å²) in [6, 6.07) is 3.91. The fourth-order valence-corrected chi connectivity index (χ4v) is 4.09. The molecule has 0 unspecified atom stereocenters. The van der Waals surface area contributed by atoms with E-state index in [0.29, 0.717) is 25.9 Å². The molecule has 1 aliphatic rings. The van der Waals surface area contributed by atoms with Crippen molar-refractivity contribution in [2.45, 2.75) is 25.7 Å². The van der Waals surface area contributed by atoms with Gasteiger partial charge in [-0.1, -0.05) is 13.0 Å². The van der Waals surface area contributed by atoms with Gasteiger partial charge in [0.1, 0.15) is 9.84 Å². The lowest BCUT2D eigenvalue weighted by Crippen LogP contribution is -2.42. The summed E-state index contributed by atoms with van der Waals surface area (Å²) in [7, 11) is -3.19. The zero-order chi connectivity index (χ0) is 17.2. The molecule has 1 heterocycles. The molecule has 2 rings (SSSR count). The number of benzene rings is 1. The molecule has 4 nitrogen and oxygen atoms in total. The summed E-state index contributed by atoms with van der Waals surface area (Å²) in [5.74, 6) is -2.53. The molecule has 1 aromatic carbocycles. The lowest BCUT2D eigenvalue weighted by molar-refractivity contribution is -0.135. The van der Waals surface area contributed by atoms with E-state index in [4.69, 9.17) is 0 Å². The van der Waals surface area contributed by atoms with E-state index in [1.807, 2.05) is 0 Å². The Morgan fingerprint density at radius 3 is 2.39 bits per heavy atom. The van der Waals surface area contributed by atoms with Gasteiger partial charge in [-0.15, -0.1) is 0 Å². The molecule has 23 heavy (non-hydrogen) atoms. The first-order valence-electron chi connectivity index (χ1n) is 7.59. The predicted octanol–water partition coefficient (Wildman–Crippen LogP) is 2.35. The zero-order valence-electron chi connectivity index (χ0n) is 13.3. The SMILES string of the molecule is C[C@@H](CS(C)(=O)=O)C(=O)N1CCC(c2ccc(F)c(F)c2)CC1. The molecule has 128 valence electrons. The first kappa shape index (κ1) is 17.8. The van der Waals surface area contributed by atoms with Crippen LogP contribution in [0.25, 0.3) is 0 Å². The van der Waals surface area contributed by atoms with E-state index < -0.39 is 27.4 Å². The van der Waals surface area contributed by atoms with Crippen molar-refractivity contribution >= 4 is 15.7 Å². The normalized spacial score (nSPS) is 18.0. The molecule has 0 radical (unpaired) electrons. The topological polar surface area (TPSA) is 54.5 Å². The monoisotopic (exact) mass is 345 g/mol. The van der Waals surface area contributed by atoms with Gasteiger partial charge in [-0.2, -0.15) is 0 Å². The highest BCUT2D eigenvalue weighted by molar-refractivity contribution is 7.90. The van der Waals surface area contributed by atoms with E-state index >= 15 is 0 Å². The molecule has 0 spiro atoms. The van der Waals surface area contributed by atoms with E-state index in [-0.39, 0.29) is 17.6 Å².